The Morgan fingerprint density at radius 2 is 1.88 bits per heavy atom. The summed E-state index contributed by atoms with van der Waals surface area (Å²) in [5.74, 6) is 0.721. The van der Waals surface area contributed by atoms with Crippen molar-refractivity contribution in [1.29, 1.82) is 0 Å². The van der Waals surface area contributed by atoms with Crippen LogP contribution in [0.4, 0.5) is 0 Å². The highest BCUT2D eigenvalue weighted by Gasteiger charge is 2.21. The molecule has 0 aromatic rings. The van der Waals surface area contributed by atoms with E-state index in [9.17, 15) is 4.79 Å². The largest absolute Gasteiger partial charge is 0.356 e. The van der Waals surface area contributed by atoms with Crippen LogP contribution in [0.1, 0.15) is 47.5 Å². The van der Waals surface area contributed by atoms with Gasteiger partial charge in [0.25, 0.3) is 0 Å². The van der Waals surface area contributed by atoms with Gasteiger partial charge in [-0.05, 0) is 30.7 Å². The van der Waals surface area contributed by atoms with E-state index in [1.807, 2.05) is 6.92 Å². The number of hydrogen-bond donors (Lipinski definition) is 2. The molecule has 0 saturated carbocycles. The first-order valence-electron chi connectivity index (χ1n) is 6.26. The van der Waals surface area contributed by atoms with Crippen LogP contribution in [0.5, 0.6) is 0 Å². The maximum absolute atomic E-state index is 11.7. The van der Waals surface area contributed by atoms with Crippen molar-refractivity contribution in [3.05, 3.63) is 0 Å². The summed E-state index contributed by atoms with van der Waals surface area (Å²) in [5.41, 5.74) is 5.67. The molecule has 96 valence electrons. The molecule has 0 aromatic heterocycles. The van der Waals surface area contributed by atoms with Gasteiger partial charge in [0, 0.05) is 12.5 Å². The summed E-state index contributed by atoms with van der Waals surface area (Å²) in [6, 6.07) is 0. The zero-order chi connectivity index (χ0) is 12.8. The van der Waals surface area contributed by atoms with E-state index in [4.69, 9.17) is 5.73 Å². The fraction of sp³-hybridized carbons (Fsp3) is 0.923. The van der Waals surface area contributed by atoms with Crippen molar-refractivity contribution in [3.8, 4) is 0 Å². The fourth-order valence-electron chi connectivity index (χ4n) is 1.29. The molecule has 16 heavy (non-hydrogen) atoms. The second-order valence-electron chi connectivity index (χ2n) is 5.84. The molecule has 2 unspecified atom stereocenters. The second-order valence-corrected chi connectivity index (χ2v) is 5.84. The van der Waals surface area contributed by atoms with E-state index in [-0.39, 0.29) is 17.2 Å². The molecule has 0 radical (unpaired) electrons. The lowest BCUT2D eigenvalue weighted by atomic mass is 9.82. The molecule has 0 aliphatic carbocycles. The Hall–Kier alpha value is -0.570. The van der Waals surface area contributed by atoms with E-state index < -0.39 is 0 Å². The van der Waals surface area contributed by atoms with Gasteiger partial charge in [-0.15, -0.1) is 0 Å². The van der Waals surface area contributed by atoms with Gasteiger partial charge >= 0.3 is 0 Å². The Labute approximate surface area is 100 Å². The molecule has 2 atom stereocenters. The average Bonchev–Trinajstić information content (AvgIpc) is 2.20. The third-order valence-electron chi connectivity index (χ3n) is 3.35. The quantitative estimate of drug-likeness (QED) is 0.732. The van der Waals surface area contributed by atoms with Gasteiger partial charge in [0.2, 0.25) is 5.91 Å². The molecule has 0 aliphatic heterocycles. The molecule has 0 fully saturated rings. The highest BCUT2D eigenvalue weighted by Crippen LogP contribution is 2.24. The molecule has 0 saturated heterocycles. The minimum Gasteiger partial charge on any atom is -0.356 e. The Balaban J connectivity index is 3.89. The fourth-order valence-corrected chi connectivity index (χ4v) is 1.29. The number of carbonyl (C=O) groups is 1. The van der Waals surface area contributed by atoms with Crippen LogP contribution >= 0.6 is 0 Å². The van der Waals surface area contributed by atoms with E-state index in [2.05, 4.69) is 33.0 Å². The molecular weight excluding hydrogens is 200 g/mol. The average molecular weight is 228 g/mol. The maximum Gasteiger partial charge on any atom is 0.222 e. The van der Waals surface area contributed by atoms with Gasteiger partial charge in [0.1, 0.15) is 0 Å². The predicted octanol–water partition coefficient (Wildman–Crippen LogP) is 2.16. The zero-order valence-corrected chi connectivity index (χ0v) is 11.5. The third kappa shape index (κ3) is 6.11. The van der Waals surface area contributed by atoms with Crippen molar-refractivity contribution < 1.29 is 4.79 Å². The predicted molar refractivity (Wildman–Crippen MR) is 69.1 cm³/mol. The normalized spacial score (nSPS) is 15.6. The topological polar surface area (TPSA) is 55.1 Å². The van der Waals surface area contributed by atoms with Crippen molar-refractivity contribution in [2.24, 2.45) is 23.0 Å². The summed E-state index contributed by atoms with van der Waals surface area (Å²) in [7, 11) is 0. The minimum atomic E-state index is 0.0794. The third-order valence-corrected chi connectivity index (χ3v) is 3.35. The molecule has 0 bridgehead atoms. The number of nitrogens with two attached hydrogens (primary N) is 1. The number of nitrogens with one attached hydrogen (secondary N) is 1. The van der Waals surface area contributed by atoms with E-state index in [0.717, 1.165) is 19.4 Å². The van der Waals surface area contributed by atoms with E-state index in [1.165, 1.54) is 0 Å². The highest BCUT2D eigenvalue weighted by atomic mass is 16.1. The van der Waals surface area contributed by atoms with Gasteiger partial charge in [0.15, 0.2) is 0 Å². The van der Waals surface area contributed by atoms with Crippen molar-refractivity contribution in [1.82, 2.24) is 5.32 Å². The molecule has 3 N–H and O–H groups in total. The molecule has 0 rings (SSSR count). The maximum atomic E-state index is 11.7. The van der Waals surface area contributed by atoms with Crippen molar-refractivity contribution in [3.63, 3.8) is 0 Å². The molecule has 3 heteroatoms. The first-order valence-corrected chi connectivity index (χ1v) is 6.26. The zero-order valence-electron chi connectivity index (χ0n) is 11.5. The smallest absolute Gasteiger partial charge is 0.222 e. The van der Waals surface area contributed by atoms with Crippen LogP contribution in [-0.4, -0.2) is 19.0 Å². The lowest BCUT2D eigenvalue weighted by Crippen LogP contribution is -2.36. The van der Waals surface area contributed by atoms with Crippen LogP contribution in [0.2, 0.25) is 0 Å². The molecule has 0 spiro atoms. The molecule has 3 nitrogen and oxygen atoms in total. The summed E-state index contributed by atoms with van der Waals surface area (Å²) in [6.45, 7) is 12.1. The molecule has 0 aromatic carbocycles. The summed E-state index contributed by atoms with van der Waals surface area (Å²) < 4.78 is 0. The summed E-state index contributed by atoms with van der Waals surface area (Å²) in [6.07, 6.45) is 1.80. The van der Waals surface area contributed by atoms with Crippen LogP contribution in [0.15, 0.2) is 0 Å². The van der Waals surface area contributed by atoms with E-state index in [1.54, 1.807) is 0 Å². The van der Waals surface area contributed by atoms with Crippen molar-refractivity contribution in [2.75, 3.05) is 13.1 Å². The highest BCUT2D eigenvalue weighted by molar-refractivity contribution is 5.78. The summed E-state index contributed by atoms with van der Waals surface area (Å²) in [4.78, 5) is 11.7. The van der Waals surface area contributed by atoms with E-state index in [0.29, 0.717) is 12.5 Å². The van der Waals surface area contributed by atoms with Gasteiger partial charge in [-0.2, -0.15) is 0 Å². The Morgan fingerprint density at radius 3 is 2.31 bits per heavy atom. The molecule has 0 aliphatic rings. The van der Waals surface area contributed by atoms with Crippen LogP contribution in [-0.2, 0) is 4.79 Å². The second kappa shape index (κ2) is 6.89. The standard InChI is InChI=1S/C13H28N2O/c1-10(7-6-8-14)12(16)15-9-11(2)13(3,4)5/h10-11H,6-9,14H2,1-5H3,(H,15,16). The van der Waals surface area contributed by atoms with E-state index >= 15 is 0 Å². The van der Waals surface area contributed by atoms with Crippen molar-refractivity contribution in [2.45, 2.75) is 47.5 Å². The lowest BCUT2D eigenvalue weighted by Gasteiger charge is -2.27. The van der Waals surface area contributed by atoms with Crippen LogP contribution in [0.3, 0.4) is 0 Å². The van der Waals surface area contributed by atoms with Gasteiger partial charge in [0.05, 0.1) is 0 Å². The summed E-state index contributed by atoms with van der Waals surface area (Å²) >= 11 is 0. The SMILES string of the molecule is CC(CCCN)C(=O)NCC(C)C(C)(C)C. The number of amides is 1. The van der Waals surface area contributed by atoms with Gasteiger partial charge in [-0.25, -0.2) is 0 Å². The first-order chi connectivity index (χ1) is 7.29. The van der Waals surface area contributed by atoms with Crippen LogP contribution in [0, 0.1) is 17.3 Å². The molecule has 0 heterocycles. The van der Waals surface area contributed by atoms with Crippen molar-refractivity contribution >= 4 is 5.91 Å². The Morgan fingerprint density at radius 1 is 1.31 bits per heavy atom. The van der Waals surface area contributed by atoms with Gasteiger partial charge in [-0.3, -0.25) is 4.79 Å². The lowest BCUT2D eigenvalue weighted by molar-refractivity contribution is -0.125. The monoisotopic (exact) mass is 228 g/mol. The van der Waals surface area contributed by atoms with Gasteiger partial charge in [-0.1, -0.05) is 34.6 Å². The Kier molecular flexibility index (Phi) is 6.65. The first kappa shape index (κ1) is 15.4. The summed E-state index contributed by atoms with van der Waals surface area (Å²) in [5, 5.41) is 3.02. The Bertz CT molecular complexity index is 208. The van der Waals surface area contributed by atoms with Crippen LogP contribution in [0.25, 0.3) is 0 Å². The van der Waals surface area contributed by atoms with Gasteiger partial charge < -0.3 is 11.1 Å². The molecular formula is C13H28N2O. The molecule has 1 amide bonds. The number of hydrogen-bond acceptors (Lipinski definition) is 2. The number of carbonyl (C=O) groups excluding carboxylic acids is 1. The number of rotatable bonds is 6. The minimum absolute atomic E-state index is 0.0794. The van der Waals surface area contributed by atoms with Crippen LogP contribution < -0.4 is 11.1 Å².